The predicted molar refractivity (Wildman–Crippen MR) is 121 cm³/mol. The highest BCUT2D eigenvalue weighted by atomic mass is 16.5. The molecule has 0 atom stereocenters. The number of amides is 1. The smallest absolute Gasteiger partial charge is 0.254 e. The Morgan fingerprint density at radius 3 is 2.44 bits per heavy atom. The molecule has 1 saturated carbocycles. The highest BCUT2D eigenvalue weighted by molar-refractivity contribution is 6.03. The maximum Gasteiger partial charge on any atom is 0.254 e. The summed E-state index contributed by atoms with van der Waals surface area (Å²) in [6.45, 7) is 6.40. The average Bonchev–Trinajstić information content (AvgIpc) is 3.35. The lowest BCUT2D eigenvalue weighted by atomic mass is 9.90. The summed E-state index contributed by atoms with van der Waals surface area (Å²) < 4.78 is 7.02. The number of rotatable bonds is 8. The summed E-state index contributed by atoms with van der Waals surface area (Å²) in [4.78, 5) is 24.5. The van der Waals surface area contributed by atoms with Crippen LogP contribution in [0.4, 0.5) is 5.82 Å². The lowest BCUT2D eigenvalue weighted by molar-refractivity contribution is -0.118. The molecule has 3 aromatic rings. The fourth-order valence-corrected chi connectivity index (χ4v) is 3.82. The Morgan fingerprint density at radius 1 is 1.16 bits per heavy atom. The molecule has 0 bridgehead atoms. The Bertz CT molecular complexity index is 1150. The van der Waals surface area contributed by atoms with Gasteiger partial charge in [-0.1, -0.05) is 50.2 Å². The van der Waals surface area contributed by atoms with Gasteiger partial charge in [0, 0.05) is 18.1 Å². The zero-order valence-corrected chi connectivity index (χ0v) is 18.7. The van der Waals surface area contributed by atoms with Crippen molar-refractivity contribution in [3.8, 4) is 11.3 Å². The van der Waals surface area contributed by atoms with E-state index in [9.17, 15) is 9.59 Å². The fraction of sp³-hybridized carbons (Fsp3) is 0.417. The van der Waals surface area contributed by atoms with Crippen LogP contribution in [0.1, 0.15) is 67.0 Å². The molecule has 0 radical (unpaired) electrons. The third kappa shape index (κ3) is 4.90. The summed E-state index contributed by atoms with van der Waals surface area (Å²) >= 11 is 0. The highest BCUT2D eigenvalue weighted by Crippen LogP contribution is 2.39. The van der Waals surface area contributed by atoms with Gasteiger partial charge in [-0.25, -0.2) is 4.68 Å². The van der Waals surface area contributed by atoms with Crippen molar-refractivity contribution in [3.05, 3.63) is 52.9 Å². The SMILES string of the molecule is CC(C)(C)Cc1cc(CC(=O)Cc2ccc(-c3nn(C4CC4)c(N)c3C(N)=O)cc2)on1. The summed E-state index contributed by atoms with van der Waals surface area (Å²) in [7, 11) is 0. The minimum atomic E-state index is -0.596. The molecular weight excluding hydrogens is 406 g/mol. The first kappa shape index (κ1) is 21.8. The number of nitrogen functional groups attached to an aromatic ring is 1. The molecule has 4 rings (SSSR count). The van der Waals surface area contributed by atoms with Crippen molar-refractivity contribution in [2.45, 2.75) is 58.9 Å². The van der Waals surface area contributed by atoms with Gasteiger partial charge in [0.2, 0.25) is 0 Å². The molecule has 4 N–H and O–H groups in total. The van der Waals surface area contributed by atoms with Gasteiger partial charge in [-0.3, -0.25) is 9.59 Å². The van der Waals surface area contributed by atoms with Crippen LogP contribution in [0.25, 0.3) is 11.3 Å². The summed E-state index contributed by atoms with van der Waals surface area (Å²) in [5, 5.41) is 8.61. The summed E-state index contributed by atoms with van der Waals surface area (Å²) in [5.74, 6) is 0.336. The number of benzene rings is 1. The molecule has 8 heteroatoms. The Balaban J connectivity index is 1.44. The molecule has 0 unspecified atom stereocenters. The van der Waals surface area contributed by atoms with E-state index in [1.54, 1.807) is 4.68 Å². The van der Waals surface area contributed by atoms with Crippen LogP contribution < -0.4 is 11.5 Å². The van der Waals surface area contributed by atoms with Crippen molar-refractivity contribution in [2.75, 3.05) is 5.73 Å². The molecule has 1 aliphatic carbocycles. The van der Waals surface area contributed by atoms with Crippen LogP contribution in [0.5, 0.6) is 0 Å². The van der Waals surface area contributed by atoms with Gasteiger partial charge in [0.1, 0.15) is 28.6 Å². The van der Waals surface area contributed by atoms with E-state index in [1.807, 2.05) is 30.3 Å². The van der Waals surface area contributed by atoms with Crippen LogP contribution in [0, 0.1) is 5.41 Å². The topological polar surface area (TPSA) is 130 Å². The molecular formula is C24H29N5O3. The van der Waals surface area contributed by atoms with Crippen molar-refractivity contribution in [1.82, 2.24) is 14.9 Å². The van der Waals surface area contributed by atoms with Crippen LogP contribution in [-0.4, -0.2) is 26.6 Å². The first-order chi connectivity index (χ1) is 15.1. The van der Waals surface area contributed by atoms with Gasteiger partial charge in [0.05, 0.1) is 18.2 Å². The van der Waals surface area contributed by atoms with Crippen LogP contribution >= 0.6 is 0 Å². The van der Waals surface area contributed by atoms with E-state index in [0.717, 1.165) is 36.1 Å². The number of primary amides is 1. The summed E-state index contributed by atoms with van der Waals surface area (Å²) in [5.41, 5.74) is 15.0. The fourth-order valence-electron chi connectivity index (χ4n) is 3.82. The van der Waals surface area contributed by atoms with Gasteiger partial charge in [-0.15, -0.1) is 0 Å². The third-order valence-corrected chi connectivity index (χ3v) is 5.41. The number of carbonyl (C=O) groups excluding carboxylic acids is 2. The molecule has 1 fully saturated rings. The van der Waals surface area contributed by atoms with Gasteiger partial charge in [-0.2, -0.15) is 5.10 Å². The number of anilines is 1. The normalized spacial score (nSPS) is 14.0. The van der Waals surface area contributed by atoms with Crippen molar-refractivity contribution in [2.24, 2.45) is 11.1 Å². The Labute approximate surface area is 186 Å². The van der Waals surface area contributed by atoms with Crippen LogP contribution in [-0.2, 0) is 24.1 Å². The predicted octanol–water partition coefficient (Wildman–Crippen LogP) is 3.50. The lowest BCUT2D eigenvalue weighted by Gasteiger charge is -2.14. The molecule has 0 aliphatic heterocycles. The second kappa shape index (κ2) is 8.26. The van der Waals surface area contributed by atoms with E-state index in [2.05, 4.69) is 31.0 Å². The van der Waals surface area contributed by atoms with E-state index in [4.69, 9.17) is 16.0 Å². The number of nitrogens with two attached hydrogens (primary N) is 2. The van der Waals surface area contributed by atoms with Crippen molar-refractivity contribution in [3.63, 3.8) is 0 Å². The van der Waals surface area contributed by atoms with Crippen LogP contribution in [0.2, 0.25) is 0 Å². The molecule has 1 amide bonds. The van der Waals surface area contributed by atoms with E-state index in [-0.39, 0.29) is 35.6 Å². The molecule has 32 heavy (non-hydrogen) atoms. The summed E-state index contributed by atoms with van der Waals surface area (Å²) in [6.07, 6.45) is 3.26. The largest absolute Gasteiger partial charge is 0.383 e. The Kier molecular flexibility index (Phi) is 5.62. The highest BCUT2D eigenvalue weighted by Gasteiger charge is 2.31. The van der Waals surface area contributed by atoms with Crippen molar-refractivity contribution >= 4 is 17.5 Å². The van der Waals surface area contributed by atoms with Crippen molar-refractivity contribution in [1.29, 1.82) is 0 Å². The maximum absolute atomic E-state index is 12.5. The van der Waals surface area contributed by atoms with Crippen molar-refractivity contribution < 1.29 is 14.1 Å². The minimum absolute atomic E-state index is 0.0382. The molecule has 2 aromatic heterocycles. The molecule has 1 aliphatic rings. The lowest BCUT2D eigenvalue weighted by Crippen LogP contribution is -2.14. The van der Waals surface area contributed by atoms with E-state index in [0.29, 0.717) is 17.3 Å². The second-order valence-corrected chi connectivity index (χ2v) is 9.76. The quantitative estimate of drug-likeness (QED) is 0.557. The number of ketones is 1. The standard InChI is InChI=1S/C24H29N5O3/c1-24(2,3)13-16-11-19(32-28-16)12-18(30)10-14-4-6-15(7-5-14)21-20(23(26)31)22(25)29(27-21)17-8-9-17/h4-7,11,17H,8-10,12-13,25H2,1-3H3,(H2,26,31). The van der Waals surface area contributed by atoms with Gasteiger partial charge in [-0.05, 0) is 30.2 Å². The number of nitrogens with zero attached hydrogens (tertiary/aromatic N) is 3. The van der Waals surface area contributed by atoms with Gasteiger partial charge in [0.25, 0.3) is 5.91 Å². The van der Waals surface area contributed by atoms with Gasteiger partial charge in [0.15, 0.2) is 0 Å². The zero-order valence-electron chi connectivity index (χ0n) is 18.7. The second-order valence-electron chi connectivity index (χ2n) is 9.76. The Hall–Kier alpha value is -3.42. The monoisotopic (exact) mass is 435 g/mol. The minimum Gasteiger partial charge on any atom is -0.383 e. The molecule has 0 spiro atoms. The number of aromatic nitrogens is 3. The molecule has 1 aromatic carbocycles. The van der Waals surface area contributed by atoms with Gasteiger partial charge < -0.3 is 16.0 Å². The molecule has 168 valence electrons. The van der Waals surface area contributed by atoms with Gasteiger partial charge >= 0.3 is 0 Å². The molecule has 8 nitrogen and oxygen atoms in total. The Morgan fingerprint density at radius 2 is 1.84 bits per heavy atom. The first-order valence-electron chi connectivity index (χ1n) is 10.8. The summed E-state index contributed by atoms with van der Waals surface area (Å²) in [6, 6.07) is 9.48. The average molecular weight is 436 g/mol. The van der Waals surface area contributed by atoms with E-state index < -0.39 is 5.91 Å². The third-order valence-electron chi connectivity index (χ3n) is 5.41. The number of Topliss-reactive ketones (excluding diaryl/α,β-unsaturated/α-hetero) is 1. The molecule has 2 heterocycles. The molecule has 0 saturated heterocycles. The zero-order chi connectivity index (χ0) is 23.0. The van der Waals surface area contributed by atoms with E-state index >= 15 is 0 Å². The van der Waals surface area contributed by atoms with Crippen LogP contribution in [0.15, 0.2) is 34.9 Å². The first-order valence-corrected chi connectivity index (χ1v) is 10.8. The maximum atomic E-state index is 12.5. The van der Waals surface area contributed by atoms with E-state index in [1.165, 1.54) is 0 Å². The number of hydrogen-bond donors (Lipinski definition) is 2. The van der Waals surface area contributed by atoms with Crippen LogP contribution in [0.3, 0.4) is 0 Å². The number of hydrogen-bond acceptors (Lipinski definition) is 6. The number of carbonyl (C=O) groups is 2.